The number of halogens is 1. The molecule has 0 aliphatic carbocycles. The predicted molar refractivity (Wildman–Crippen MR) is 258 cm³/mol. The number of hydrogen-bond acceptors (Lipinski definition) is 9. The summed E-state index contributed by atoms with van der Waals surface area (Å²) in [5, 5.41) is 37.8. The number of carbonyl (C=O) groups excluding carboxylic acids is 1. The highest BCUT2D eigenvalue weighted by molar-refractivity contribution is 9.09. The van der Waals surface area contributed by atoms with E-state index >= 15 is 0 Å². The van der Waals surface area contributed by atoms with Crippen LogP contribution >= 0.6 is 15.9 Å². The SMILES string of the molecule is C.C.CC(C)(C)c1ccc(O)c(-n2nc3ccccc3n2)c1.CC(C)(C)c1ccc(OC(C(=O)O)c2ccccc2)c(-n2nc3ccccc3n2)c1.COC(=O)C(Br)c1ccccc1. The van der Waals surface area contributed by atoms with Gasteiger partial charge in [-0.2, -0.15) is 0 Å². The molecule has 0 fully saturated rings. The molecular weight excluding hydrogens is 873 g/mol. The van der Waals surface area contributed by atoms with Gasteiger partial charge in [0.2, 0.25) is 6.10 Å². The first kappa shape index (κ1) is 49.8. The Labute approximate surface area is 383 Å². The summed E-state index contributed by atoms with van der Waals surface area (Å²) < 4.78 is 10.6. The molecule has 2 atom stereocenters. The Morgan fingerprint density at radius 1 is 0.578 bits per heavy atom. The van der Waals surface area contributed by atoms with Crippen LogP contribution in [0.3, 0.4) is 0 Å². The molecule has 0 spiro atoms. The summed E-state index contributed by atoms with van der Waals surface area (Å²) in [4.78, 5) is 25.6. The molecule has 64 heavy (non-hydrogen) atoms. The smallest absolute Gasteiger partial charge is 0.349 e. The summed E-state index contributed by atoms with van der Waals surface area (Å²) in [6.07, 6.45) is -1.14. The van der Waals surface area contributed by atoms with Crippen molar-refractivity contribution < 1.29 is 29.3 Å². The zero-order valence-electron chi connectivity index (χ0n) is 35.6. The van der Waals surface area contributed by atoms with Gasteiger partial charge < -0.3 is 19.7 Å². The lowest BCUT2D eigenvalue weighted by molar-refractivity contribution is -0.145. The number of rotatable bonds is 8. The molecule has 334 valence electrons. The molecule has 0 bridgehead atoms. The minimum Gasteiger partial charge on any atom is -0.506 e. The Kier molecular flexibility index (Phi) is 16.7. The van der Waals surface area contributed by atoms with E-state index in [-0.39, 0.29) is 42.2 Å². The molecule has 0 radical (unpaired) electrons. The van der Waals surface area contributed by atoms with Crippen molar-refractivity contribution in [3.63, 3.8) is 0 Å². The highest BCUT2D eigenvalue weighted by atomic mass is 79.9. The second-order valence-electron chi connectivity index (χ2n) is 16.4. The number of aromatic hydroxyl groups is 1. The van der Waals surface area contributed by atoms with E-state index in [0.29, 0.717) is 22.7 Å². The number of carboxylic acids is 1. The highest BCUT2D eigenvalue weighted by Gasteiger charge is 2.26. The molecule has 0 saturated carbocycles. The minimum absolute atomic E-state index is 0. The lowest BCUT2D eigenvalue weighted by Crippen LogP contribution is -2.20. The number of benzene rings is 6. The van der Waals surface area contributed by atoms with Crippen molar-refractivity contribution in [1.29, 1.82) is 0 Å². The van der Waals surface area contributed by atoms with Crippen molar-refractivity contribution in [2.45, 2.75) is 78.2 Å². The zero-order valence-corrected chi connectivity index (χ0v) is 37.2. The Hall–Kier alpha value is -6.86. The Bertz CT molecular complexity index is 2710. The summed E-state index contributed by atoms with van der Waals surface area (Å²) in [6.45, 7) is 12.7. The van der Waals surface area contributed by atoms with Gasteiger partial charge in [-0.1, -0.05) is 169 Å². The maximum atomic E-state index is 12.0. The third-order valence-corrected chi connectivity index (χ3v) is 10.6. The molecular formula is C51H57BrN6O6. The fourth-order valence-corrected chi connectivity index (χ4v) is 6.69. The molecule has 0 aliphatic rings. The molecule has 2 N–H and O–H groups in total. The van der Waals surface area contributed by atoms with Gasteiger partial charge in [-0.05, 0) is 76.1 Å². The number of aromatic nitrogens is 6. The quantitative estimate of drug-likeness (QED) is 0.111. The van der Waals surface area contributed by atoms with E-state index in [2.05, 4.69) is 82.6 Å². The van der Waals surface area contributed by atoms with Gasteiger partial charge in [0.15, 0.2) is 0 Å². The summed E-state index contributed by atoms with van der Waals surface area (Å²) in [6, 6.07) is 44.8. The number of carbonyl (C=O) groups is 2. The average Bonchev–Trinajstić information content (AvgIpc) is 3.90. The van der Waals surface area contributed by atoms with Crippen LogP contribution in [0.1, 0.15) is 89.6 Å². The van der Waals surface area contributed by atoms with Gasteiger partial charge >= 0.3 is 11.9 Å². The number of carboxylic acid groups (broad SMARTS) is 1. The second-order valence-corrected chi connectivity index (χ2v) is 17.3. The summed E-state index contributed by atoms with van der Waals surface area (Å²) >= 11 is 3.24. The fraction of sp³-hybridized carbons (Fsp3) is 0.255. The van der Waals surface area contributed by atoms with Gasteiger partial charge in [0.05, 0.1) is 7.11 Å². The van der Waals surface area contributed by atoms with Crippen LogP contribution in [-0.4, -0.2) is 59.2 Å². The first-order valence-corrected chi connectivity index (χ1v) is 20.8. The van der Waals surface area contributed by atoms with Crippen molar-refractivity contribution in [3.05, 3.63) is 168 Å². The molecule has 13 heteroatoms. The lowest BCUT2D eigenvalue weighted by Gasteiger charge is -2.22. The first-order valence-electron chi connectivity index (χ1n) is 19.9. The van der Waals surface area contributed by atoms with Crippen LogP contribution in [0.15, 0.2) is 146 Å². The van der Waals surface area contributed by atoms with E-state index in [1.54, 1.807) is 36.4 Å². The van der Waals surface area contributed by atoms with Crippen LogP contribution in [0.2, 0.25) is 0 Å². The van der Waals surface area contributed by atoms with Crippen molar-refractivity contribution in [1.82, 2.24) is 30.0 Å². The van der Waals surface area contributed by atoms with E-state index in [1.807, 2.05) is 109 Å². The predicted octanol–water partition coefficient (Wildman–Crippen LogP) is 11.9. The monoisotopic (exact) mass is 928 g/mol. The van der Waals surface area contributed by atoms with Crippen LogP contribution in [0.25, 0.3) is 33.4 Å². The largest absolute Gasteiger partial charge is 0.506 e. The van der Waals surface area contributed by atoms with E-state index in [9.17, 15) is 19.8 Å². The van der Waals surface area contributed by atoms with Crippen molar-refractivity contribution in [2.24, 2.45) is 0 Å². The molecule has 12 nitrogen and oxygen atoms in total. The molecule has 0 saturated heterocycles. The van der Waals surface area contributed by atoms with Crippen LogP contribution in [0.5, 0.6) is 11.5 Å². The second kappa shape index (κ2) is 21.5. The maximum absolute atomic E-state index is 12.0. The van der Waals surface area contributed by atoms with E-state index in [4.69, 9.17) is 4.74 Å². The van der Waals surface area contributed by atoms with Gasteiger partial charge in [-0.25, -0.2) is 4.79 Å². The maximum Gasteiger partial charge on any atom is 0.349 e. The number of nitrogens with zero attached hydrogens (tertiary/aromatic N) is 6. The first-order chi connectivity index (χ1) is 29.5. The van der Waals surface area contributed by atoms with Gasteiger partial charge in [-0.15, -0.1) is 30.0 Å². The minimum atomic E-state index is -1.14. The number of phenolic OH excluding ortho intramolecular Hbond substituents is 1. The third kappa shape index (κ3) is 12.2. The van der Waals surface area contributed by atoms with Crippen LogP contribution in [0.4, 0.5) is 0 Å². The van der Waals surface area contributed by atoms with Crippen molar-refractivity contribution in [2.75, 3.05) is 7.11 Å². The number of methoxy groups -OCH3 is 1. The van der Waals surface area contributed by atoms with Gasteiger partial charge in [0.1, 0.15) is 49.8 Å². The Morgan fingerprint density at radius 3 is 1.39 bits per heavy atom. The van der Waals surface area contributed by atoms with Crippen LogP contribution in [-0.2, 0) is 25.2 Å². The topological polar surface area (TPSA) is 154 Å². The Balaban J connectivity index is 0.000000228. The zero-order chi connectivity index (χ0) is 44.6. The molecule has 6 aromatic carbocycles. The number of aliphatic carboxylic acids is 1. The van der Waals surface area contributed by atoms with Gasteiger partial charge in [0, 0.05) is 5.56 Å². The Morgan fingerprint density at radius 2 is 0.969 bits per heavy atom. The average molecular weight is 930 g/mol. The molecule has 8 aromatic rings. The van der Waals surface area contributed by atoms with E-state index in [0.717, 1.165) is 38.8 Å². The number of fused-ring (bicyclic) bond motifs is 2. The normalized spacial score (nSPS) is 11.9. The van der Waals surface area contributed by atoms with Crippen molar-refractivity contribution in [3.8, 4) is 22.9 Å². The fourth-order valence-electron chi connectivity index (χ4n) is 6.20. The van der Waals surface area contributed by atoms with Gasteiger partial charge in [-0.3, -0.25) is 4.79 Å². The molecule has 2 heterocycles. The lowest BCUT2D eigenvalue weighted by atomic mass is 9.87. The van der Waals surface area contributed by atoms with Crippen LogP contribution < -0.4 is 4.74 Å². The van der Waals surface area contributed by atoms with Crippen LogP contribution in [0, 0.1) is 0 Å². The number of ether oxygens (including phenoxy) is 2. The van der Waals surface area contributed by atoms with E-state index in [1.165, 1.54) is 16.7 Å². The molecule has 2 aromatic heterocycles. The third-order valence-electron chi connectivity index (χ3n) is 9.74. The summed E-state index contributed by atoms with van der Waals surface area (Å²) in [5.74, 6) is -0.760. The highest BCUT2D eigenvalue weighted by Crippen LogP contribution is 2.34. The molecule has 8 rings (SSSR count). The summed E-state index contributed by atoms with van der Waals surface area (Å²) in [5.41, 5.74) is 7.91. The standard InChI is InChI=1S/C24H23N3O3.C16H17N3O.C9H9BrO2.2CH4/c1-24(2,3)17-13-14-21(30-22(23(28)29)16-9-5-4-6-10-16)20(15-17)27-25-18-11-7-8-12-19(18)26-27;1-16(2,3)11-8-9-15(20)14(10-11)19-17-12-6-4-5-7-13(12)18-19;1-12-9(11)8(10)7-5-3-2-4-6-7;;/h4-15,22H,1-3H3,(H,28,29);4-10,20H,1-3H3;2-6,8H,1H3;2*1H4. The summed E-state index contributed by atoms with van der Waals surface area (Å²) in [7, 11) is 1.37. The van der Waals surface area contributed by atoms with Crippen molar-refractivity contribution >= 4 is 49.9 Å². The number of alkyl halides is 1. The number of hydrogen-bond donors (Lipinski definition) is 2. The molecule has 0 aliphatic heterocycles. The van der Waals surface area contributed by atoms with E-state index < -0.39 is 12.1 Å². The molecule has 0 amide bonds. The molecule has 2 unspecified atom stereocenters. The number of esters is 1. The van der Waals surface area contributed by atoms with Gasteiger partial charge in [0.25, 0.3) is 0 Å². The number of phenols is 1.